The zero-order valence-electron chi connectivity index (χ0n) is 22.7. The molecule has 0 radical (unpaired) electrons. The van der Waals surface area contributed by atoms with Gasteiger partial charge in [0.15, 0.2) is 0 Å². The highest BCUT2D eigenvalue weighted by Gasteiger charge is 2.31. The smallest absolute Gasteiger partial charge is 0.270 e. The van der Waals surface area contributed by atoms with E-state index in [1.54, 1.807) is 35.2 Å². The van der Waals surface area contributed by atoms with Gasteiger partial charge in [0.05, 0.1) is 45.3 Å². The fourth-order valence-corrected chi connectivity index (χ4v) is 5.10. The van der Waals surface area contributed by atoms with E-state index in [-0.39, 0.29) is 21.8 Å². The SMILES string of the molecule is CCCCCN(C(=O)c1ccc([N+](=O)[O-])cc1Cl)C(CC)c1nc2ccccc2c(=O)n1-c1ccccc1OC. The lowest BCUT2D eigenvalue weighted by Gasteiger charge is -2.33. The van der Waals surface area contributed by atoms with Gasteiger partial charge in [0.25, 0.3) is 17.2 Å². The van der Waals surface area contributed by atoms with Crippen LogP contribution < -0.4 is 10.3 Å². The molecular weight excluding hydrogens is 532 g/mol. The lowest BCUT2D eigenvalue weighted by molar-refractivity contribution is -0.384. The number of nitrogens with zero attached hydrogens (tertiary/aromatic N) is 4. The summed E-state index contributed by atoms with van der Waals surface area (Å²) in [4.78, 5) is 45.4. The maximum absolute atomic E-state index is 14.1. The molecule has 0 aliphatic heterocycles. The summed E-state index contributed by atoms with van der Waals surface area (Å²) in [5.41, 5.74) is 0.692. The summed E-state index contributed by atoms with van der Waals surface area (Å²) in [6.45, 7) is 4.38. The number of amides is 1. The quantitative estimate of drug-likeness (QED) is 0.114. The Hall–Kier alpha value is -4.24. The predicted octanol–water partition coefficient (Wildman–Crippen LogP) is 6.74. The first-order chi connectivity index (χ1) is 19.3. The summed E-state index contributed by atoms with van der Waals surface area (Å²) < 4.78 is 7.12. The molecule has 4 aromatic rings. The molecule has 208 valence electrons. The average molecular weight is 563 g/mol. The number of halogens is 1. The molecule has 1 unspecified atom stereocenters. The van der Waals surface area contributed by atoms with Gasteiger partial charge >= 0.3 is 0 Å². The summed E-state index contributed by atoms with van der Waals surface area (Å²) in [5, 5.41) is 11.7. The van der Waals surface area contributed by atoms with Gasteiger partial charge in [-0.3, -0.25) is 24.3 Å². The van der Waals surface area contributed by atoms with Gasteiger partial charge in [0.2, 0.25) is 0 Å². The van der Waals surface area contributed by atoms with E-state index in [0.717, 1.165) is 19.3 Å². The van der Waals surface area contributed by atoms with Crippen molar-refractivity contribution in [2.24, 2.45) is 0 Å². The van der Waals surface area contributed by atoms with Crippen molar-refractivity contribution in [2.75, 3.05) is 13.7 Å². The van der Waals surface area contributed by atoms with Crippen molar-refractivity contribution in [3.63, 3.8) is 0 Å². The van der Waals surface area contributed by atoms with E-state index in [1.165, 1.54) is 29.9 Å². The maximum atomic E-state index is 14.1. The summed E-state index contributed by atoms with van der Waals surface area (Å²) in [5.74, 6) is 0.482. The Kier molecular flexibility index (Phi) is 9.16. The maximum Gasteiger partial charge on any atom is 0.270 e. The number of carbonyl (C=O) groups excluding carboxylic acids is 1. The zero-order chi connectivity index (χ0) is 28.8. The third-order valence-corrected chi connectivity index (χ3v) is 7.16. The number of hydrogen-bond donors (Lipinski definition) is 0. The van der Waals surface area contributed by atoms with Crippen molar-refractivity contribution < 1.29 is 14.5 Å². The molecule has 40 heavy (non-hydrogen) atoms. The van der Waals surface area contributed by atoms with E-state index in [0.29, 0.717) is 41.1 Å². The number of ether oxygens (including phenoxy) is 1. The molecule has 0 saturated carbocycles. The molecule has 1 heterocycles. The van der Waals surface area contributed by atoms with Crippen LogP contribution in [0, 0.1) is 10.1 Å². The Labute approximate surface area is 237 Å². The fraction of sp³-hybridized carbons (Fsp3) is 0.300. The molecule has 10 heteroatoms. The molecule has 0 aliphatic carbocycles. The minimum atomic E-state index is -0.613. The molecule has 1 aromatic heterocycles. The number of methoxy groups -OCH3 is 1. The van der Waals surface area contributed by atoms with Crippen LogP contribution >= 0.6 is 11.6 Å². The van der Waals surface area contributed by atoms with Crippen molar-refractivity contribution in [3.8, 4) is 11.4 Å². The molecule has 0 bridgehead atoms. The first-order valence-electron chi connectivity index (χ1n) is 13.2. The number of para-hydroxylation sites is 3. The fourth-order valence-electron chi connectivity index (χ4n) is 4.84. The number of unbranched alkanes of at least 4 members (excludes halogenated alkanes) is 2. The van der Waals surface area contributed by atoms with Crippen molar-refractivity contribution >= 4 is 34.1 Å². The highest BCUT2D eigenvalue weighted by atomic mass is 35.5. The summed E-state index contributed by atoms with van der Waals surface area (Å²) in [6.07, 6.45) is 2.99. The second-order valence-electron chi connectivity index (χ2n) is 9.35. The minimum absolute atomic E-state index is 0.0110. The molecule has 1 atom stereocenters. The van der Waals surface area contributed by atoms with Gasteiger partial charge in [-0.25, -0.2) is 4.98 Å². The number of carbonyl (C=O) groups is 1. The van der Waals surface area contributed by atoms with Crippen LogP contribution in [-0.2, 0) is 0 Å². The summed E-state index contributed by atoms with van der Waals surface area (Å²) >= 11 is 6.40. The second kappa shape index (κ2) is 12.7. The summed E-state index contributed by atoms with van der Waals surface area (Å²) in [6, 6.07) is 17.5. The largest absolute Gasteiger partial charge is 0.495 e. The van der Waals surface area contributed by atoms with Crippen LogP contribution in [0.2, 0.25) is 5.02 Å². The molecular formula is C30H31ClN4O5. The van der Waals surface area contributed by atoms with Gasteiger partial charge in [-0.05, 0) is 43.2 Å². The second-order valence-corrected chi connectivity index (χ2v) is 9.76. The molecule has 0 saturated heterocycles. The zero-order valence-corrected chi connectivity index (χ0v) is 23.4. The van der Waals surface area contributed by atoms with Crippen LogP contribution in [0.25, 0.3) is 16.6 Å². The third kappa shape index (κ3) is 5.70. The molecule has 3 aromatic carbocycles. The van der Waals surface area contributed by atoms with Crippen LogP contribution in [0.15, 0.2) is 71.5 Å². The standard InChI is InChI=1S/C30H31ClN4O5/c1-4-6-11-18-33(29(36)21-17-16-20(35(38)39)19-23(21)31)25(5-2)28-32-24-13-8-7-12-22(24)30(37)34(28)26-14-9-10-15-27(26)40-3/h7-10,12-17,19,25H,4-6,11,18H2,1-3H3. The number of nitro groups is 1. The van der Waals surface area contributed by atoms with E-state index >= 15 is 0 Å². The number of hydrogen-bond acceptors (Lipinski definition) is 6. The highest BCUT2D eigenvalue weighted by Crippen LogP contribution is 2.32. The number of nitro benzene ring substituents is 1. The number of fused-ring (bicyclic) bond motifs is 1. The van der Waals surface area contributed by atoms with Crippen LogP contribution in [0.1, 0.15) is 61.8 Å². The van der Waals surface area contributed by atoms with Crippen LogP contribution in [0.4, 0.5) is 5.69 Å². The lowest BCUT2D eigenvalue weighted by Crippen LogP contribution is -2.39. The average Bonchev–Trinajstić information content (AvgIpc) is 2.96. The molecule has 1 amide bonds. The van der Waals surface area contributed by atoms with Gasteiger partial charge < -0.3 is 9.64 Å². The van der Waals surface area contributed by atoms with E-state index in [4.69, 9.17) is 21.3 Å². The van der Waals surface area contributed by atoms with Crippen LogP contribution in [0.5, 0.6) is 5.75 Å². The topological polar surface area (TPSA) is 108 Å². The van der Waals surface area contributed by atoms with Crippen molar-refractivity contribution in [3.05, 3.63) is 104 Å². The minimum Gasteiger partial charge on any atom is -0.495 e. The Bertz CT molecular complexity index is 1600. The molecule has 0 spiro atoms. The first-order valence-corrected chi connectivity index (χ1v) is 13.6. The Morgan fingerprint density at radius 2 is 1.82 bits per heavy atom. The predicted molar refractivity (Wildman–Crippen MR) is 156 cm³/mol. The third-order valence-electron chi connectivity index (χ3n) is 6.85. The molecule has 0 N–H and O–H groups in total. The number of non-ortho nitro benzene ring substituents is 1. The van der Waals surface area contributed by atoms with Crippen molar-refractivity contribution in [1.29, 1.82) is 0 Å². The normalized spacial score (nSPS) is 11.8. The number of rotatable bonds is 11. The van der Waals surface area contributed by atoms with Gasteiger partial charge in [0, 0.05) is 18.7 Å². The Balaban J connectivity index is 1.95. The van der Waals surface area contributed by atoms with Gasteiger partial charge in [0.1, 0.15) is 11.6 Å². The van der Waals surface area contributed by atoms with Crippen LogP contribution in [0.3, 0.4) is 0 Å². The Morgan fingerprint density at radius 1 is 1.10 bits per heavy atom. The summed E-state index contributed by atoms with van der Waals surface area (Å²) in [7, 11) is 1.53. The van der Waals surface area contributed by atoms with Crippen molar-refractivity contribution in [2.45, 2.75) is 45.6 Å². The van der Waals surface area contributed by atoms with Gasteiger partial charge in [-0.2, -0.15) is 0 Å². The monoisotopic (exact) mass is 562 g/mol. The lowest BCUT2D eigenvalue weighted by atomic mass is 10.1. The van der Waals surface area contributed by atoms with Crippen LogP contribution in [-0.4, -0.2) is 38.9 Å². The first kappa shape index (κ1) is 28.8. The number of benzene rings is 3. The van der Waals surface area contributed by atoms with Gasteiger partial charge in [-0.1, -0.05) is 62.6 Å². The van der Waals surface area contributed by atoms with E-state index in [9.17, 15) is 19.7 Å². The molecule has 4 rings (SSSR count). The van der Waals surface area contributed by atoms with Crippen molar-refractivity contribution in [1.82, 2.24) is 14.5 Å². The molecule has 0 fully saturated rings. The van der Waals surface area contributed by atoms with E-state index in [2.05, 4.69) is 6.92 Å². The number of aromatic nitrogens is 2. The Morgan fingerprint density at radius 3 is 2.50 bits per heavy atom. The molecule has 0 aliphatic rings. The van der Waals surface area contributed by atoms with E-state index < -0.39 is 16.9 Å². The van der Waals surface area contributed by atoms with Gasteiger partial charge in [-0.15, -0.1) is 0 Å². The molecule has 9 nitrogen and oxygen atoms in total. The van der Waals surface area contributed by atoms with E-state index in [1.807, 2.05) is 25.1 Å². The highest BCUT2D eigenvalue weighted by molar-refractivity contribution is 6.34.